The van der Waals surface area contributed by atoms with E-state index in [0.717, 1.165) is 11.3 Å². The van der Waals surface area contributed by atoms with Crippen molar-refractivity contribution >= 4 is 5.97 Å². The van der Waals surface area contributed by atoms with Gasteiger partial charge in [-0.1, -0.05) is 12.1 Å². The van der Waals surface area contributed by atoms with Gasteiger partial charge in [0.25, 0.3) is 0 Å². The largest absolute Gasteiger partial charge is 0.497 e. The summed E-state index contributed by atoms with van der Waals surface area (Å²) in [6.07, 6.45) is 0. The zero-order chi connectivity index (χ0) is 12.8. The normalized spacial score (nSPS) is 12.3. The number of likely N-dealkylation sites (N-methyl/N-ethyl adjacent to an activating group) is 1. The van der Waals surface area contributed by atoms with Crippen LogP contribution in [0.15, 0.2) is 24.3 Å². The van der Waals surface area contributed by atoms with Crippen LogP contribution in [0, 0.1) is 0 Å². The second-order valence-electron chi connectivity index (χ2n) is 3.96. The number of ether oxygens (including phenoxy) is 2. The summed E-state index contributed by atoms with van der Waals surface area (Å²) in [4.78, 5) is 13.3. The molecule has 0 aliphatic heterocycles. The maximum atomic E-state index is 11.4. The summed E-state index contributed by atoms with van der Waals surface area (Å²) in [7, 11) is 4.94. The first kappa shape index (κ1) is 13.5. The van der Waals surface area contributed by atoms with E-state index < -0.39 is 0 Å². The van der Waals surface area contributed by atoms with Crippen LogP contribution in [0.25, 0.3) is 0 Å². The number of benzene rings is 1. The van der Waals surface area contributed by atoms with Gasteiger partial charge in [-0.3, -0.25) is 9.69 Å². The second-order valence-corrected chi connectivity index (χ2v) is 3.96. The van der Waals surface area contributed by atoms with Crippen molar-refractivity contribution in [2.24, 2.45) is 0 Å². The first-order valence-corrected chi connectivity index (χ1v) is 5.49. The Labute approximate surface area is 102 Å². The van der Waals surface area contributed by atoms with Gasteiger partial charge in [-0.05, 0) is 31.7 Å². The van der Waals surface area contributed by atoms with Crippen molar-refractivity contribution < 1.29 is 14.3 Å². The molecule has 0 radical (unpaired) electrons. The summed E-state index contributed by atoms with van der Waals surface area (Å²) in [5.74, 6) is 0.610. The SMILES string of the molecule is COC(=O)C(C)N(C)Cc1ccc(OC)cc1. The molecular weight excluding hydrogens is 218 g/mol. The summed E-state index contributed by atoms with van der Waals surface area (Å²) in [5, 5.41) is 0. The summed E-state index contributed by atoms with van der Waals surface area (Å²) in [5.41, 5.74) is 1.13. The zero-order valence-corrected chi connectivity index (χ0v) is 10.8. The van der Waals surface area contributed by atoms with Crippen LogP contribution in [0.4, 0.5) is 0 Å². The molecule has 0 fully saturated rings. The van der Waals surface area contributed by atoms with Crippen LogP contribution in [0.2, 0.25) is 0 Å². The van der Waals surface area contributed by atoms with Crippen molar-refractivity contribution in [1.29, 1.82) is 0 Å². The molecule has 0 aliphatic carbocycles. The molecule has 1 rings (SSSR count). The van der Waals surface area contributed by atoms with Crippen LogP contribution in [0.3, 0.4) is 0 Å². The Morgan fingerprint density at radius 2 is 1.88 bits per heavy atom. The Morgan fingerprint density at radius 3 is 2.35 bits per heavy atom. The smallest absolute Gasteiger partial charge is 0.322 e. The highest BCUT2D eigenvalue weighted by Gasteiger charge is 2.18. The van der Waals surface area contributed by atoms with Gasteiger partial charge in [0.1, 0.15) is 11.8 Å². The lowest BCUT2D eigenvalue weighted by molar-refractivity contribution is -0.145. The third kappa shape index (κ3) is 3.75. The molecule has 0 spiro atoms. The number of methoxy groups -OCH3 is 2. The molecule has 4 heteroatoms. The molecule has 1 atom stereocenters. The molecule has 1 aromatic carbocycles. The van der Waals surface area contributed by atoms with Gasteiger partial charge in [-0.25, -0.2) is 0 Å². The van der Waals surface area contributed by atoms with E-state index in [4.69, 9.17) is 9.47 Å². The fourth-order valence-electron chi connectivity index (χ4n) is 1.51. The highest BCUT2D eigenvalue weighted by atomic mass is 16.5. The molecule has 0 N–H and O–H groups in total. The van der Waals surface area contributed by atoms with Crippen molar-refractivity contribution in [3.63, 3.8) is 0 Å². The average Bonchev–Trinajstić information content (AvgIpc) is 2.37. The third-order valence-electron chi connectivity index (χ3n) is 2.79. The van der Waals surface area contributed by atoms with Crippen LogP contribution in [0.5, 0.6) is 5.75 Å². The molecule has 0 saturated heterocycles. The van der Waals surface area contributed by atoms with E-state index in [1.54, 1.807) is 7.11 Å². The monoisotopic (exact) mass is 237 g/mol. The second kappa shape index (κ2) is 6.25. The van der Waals surface area contributed by atoms with Gasteiger partial charge in [-0.15, -0.1) is 0 Å². The Balaban J connectivity index is 2.60. The third-order valence-corrected chi connectivity index (χ3v) is 2.79. The summed E-state index contributed by atoms with van der Waals surface area (Å²) < 4.78 is 9.80. The fraction of sp³-hybridized carbons (Fsp3) is 0.462. The van der Waals surface area contributed by atoms with E-state index in [9.17, 15) is 4.79 Å². The van der Waals surface area contributed by atoms with E-state index in [0.29, 0.717) is 6.54 Å². The van der Waals surface area contributed by atoms with Crippen molar-refractivity contribution in [2.75, 3.05) is 21.3 Å². The maximum Gasteiger partial charge on any atom is 0.322 e. The Kier molecular flexibility index (Phi) is 4.97. The predicted molar refractivity (Wildman–Crippen MR) is 65.9 cm³/mol. The van der Waals surface area contributed by atoms with Crippen LogP contribution in [0.1, 0.15) is 12.5 Å². The highest BCUT2D eigenvalue weighted by molar-refractivity contribution is 5.75. The van der Waals surface area contributed by atoms with Gasteiger partial charge in [-0.2, -0.15) is 0 Å². The van der Waals surface area contributed by atoms with E-state index in [1.807, 2.05) is 43.1 Å². The number of carbonyl (C=O) groups is 1. The average molecular weight is 237 g/mol. The van der Waals surface area contributed by atoms with E-state index in [-0.39, 0.29) is 12.0 Å². The fourth-order valence-corrected chi connectivity index (χ4v) is 1.51. The number of hydrogen-bond donors (Lipinski definition) is 0. The zero-order valence-electron chi connectivity index (χ0n) is 10.8. The highest BCUT2D eigenvalue weighted by Crippen LogP contribution is 2.13. The molecule has 4 nitrogen and oxygen atoms in total. The lowest BCUT2D eigenvalue weighted by Crippen LogP contribution is -2.36. The Bertz CT molecular complexity index is 361. The maximum absolute atomic E-state index is 11.4. The van der Waals surface area contributed by atoms with Crippen LogP contribution >= 0.6 is 0 Å². The molecule has 0 saturated carbocycles. The van der Waals surface area contributed by atoms with Crippen molar-refractivity contribution in [3.8, 4) is 5.75 Å². The molecule has 0 bridgehead atoms. The molecule has 0 aliphatic rings. The number of hydrogen-bond acceptors (Lipinski definition) is 4. The minimum absolute atomic E-state index is 0.221. The van der Waals surface area contributed by atoms with Crippen molar-refractivity contribution in [3.05, 3.63) is 29.8 Å². The molecular formula is C13H19NO3. The van der Waals surface area contributed by atoms with Crippen molar-refractivity contribution in [1.82, 2.24) is 4.90 Å². The van der Waals surface area contributed by atoms with E-state index >= 15 is 0 Å². The van der Waals surface area contributed by atoms with E-state index in [2.05, 4.69) is 0 Å². The summed E-state index contributed by atoms with van der Waals surface area (Å²) in [6, 6.07) is 7.54. The van der Waals surface area contributed by atoms with E-state index in [1.165, 1.54) is 7.11 Å². The lowest BCUT2D eigenvalue weighted by Gasteiger charge is -2.22. The van der Waals surface area contributed by atoms with Crippen molar-refractivity contribution in [2.45, 2.75) is 19.5 Å². The Hall–Kier alpha value is -1.55. The van der Waals surface area contributed by atoms with Gasteiger partial charge >= 0.3 is 5.97 Å². The van der Waals surface area contributed by atoms with Crippen LogP contribution in [-0.2, 0) is 16.1 Å². The predicted octanol–water partition coefficient (Wildman–Crippen LogP) is 1.69. The molecule has 17 heavy (non-hydrogen) atoms. The summed E-state index contributed by atoms with van der Waals surface area (Å²) in [6.45, 7) is 2.52. The number of esters is 1. The minimum atomic E-state index is -0.248. The molecule has 1 aromatic rings. The molecule has 0 heterocycles. The standard InChI is InChI=1S/C13H19NO3/c1-10(13(15)17-4)14(2)9-11-5-7-12(16-3)8-6-11/h5-8,10H,9H2,1-4H3. The van der Waals surface area contributed by atoms with Gasteiger partial charge in [0.2, 0.25) is 0 Å². The first-order valence-electron chi connectivity index (χ1n) is 5.49. The van der Waals surface area contributed by atoms with Crippen LogP contribution < -0.4 is 4.74 Å². The van der Waals surface area contributed by atoms with Gasteiger partial charge in [0, 0.05) is 6.54 Å². The first-order chi connectivity index (χ1) is 8.08. The number of carbonyl (C=O) groups excluding carboxylic acids is 1. The molecule has 0 amide bonds. The topological polar surface area (TPSA) is 38.8 Å². The van der Waals surface area contributed by atoms with Gasteiger partial charge < -0.3 is 9.47 Å². The molecule has 1 unspecified atom stereocenters. The quantitative estimate of drug-likeness (QED) is 0.730. The number of nitrogens with zero attached hydrogens (tertiary/aromatic N) is 1. The van der Waals surface area contributed by atoms with Gasteiger partial charge in [0.15, 0.2) is 0 Å². The Morgan fingerprint density at radius 1 is 1.29 bits per heavy atom. The molecule has 94 valence electrons. The van der Waals surface area contributed by atoms with Gasteiger partial charge in [0.05, 0.1) is 14.2 Å². The number of rotatable bonds is 5. The lowest BCUT2D eigenvalue weighted by atomic mass is 10.2. The summed E-state index contributed by atoms with van der Waals surface area (Å²) >= 11 is 0. The molecule has 0 aromatic heterocycles. The minimum Gasteiger partial charge on any atom is -0.497 e. The van der Waals surface area contributed by atoms with Crippen LogP contribution in [-0.4, -0.2) is 38.2 Å².